The van der Waals surface area contributed by atoms with Crippen LogP contribution in [0.2, 0.25) is 5.02 Å². The van der Waals surface area contributed by atoms with Crippen LogP contribution >= 0.6 is 27.5 Å². The van der Waals surface area contributed by atoms with Gasteiger partial charge in [-0.15, -0.1) is 0 Å². The molecule has 0 unspecified atom stereocenters. The second-order valence-electron chi connectivity index (χ2n) is 5.71. The van der Waals surface area contributed by atoms with Gasteiger partial charge in [-0.2, -0.15) is 0 Å². The number of carbonyl (C=O) groups excluding carboxylic acids is 1. The standard InChI is InChI=1S/C17H20BrClFN5O/c1-11(23-13-3-4-16(20)15(19)9-13)22-10-14(18)17(21)25-7-5-24(6-8-25)12(2)26/h3-4,9-10,21-23H,1,5-8H2,2H3. The van der Waals surface area contributed by atoms with Crippen molar-refractivity contribution in [1.29, 1.82) is 5.41 Å². The lowest BCUT2D eigenvalue weighted by Gasteiger charge is -2.35. The quantitative estimate of drug-likeness (QED) is 0.481. The van der Waals surface area contributed by atoms with Gasteiger partial charge in [-0.1, -0.05) is 18.2 Å². The van der Waals surface area contributed by atoms with Crippen molar-refractivity contribution in [3.05, 3.63) is 52.1 Å². The highest BCUT2D eigenvalue weighted by atomic mass is 79.9. The molecule has 0 bridgehead atoms. The molecule has 26 heavy (non-hydrogen) atoms. The Morgan fingerprint density at radius 2 is 1.96 bits per heavy atom. The highest BCUT2D eigenvalue weighted by molar-refractivity contribution is 9.12. The Labute approximate surface area is 165 Å². The number of halogens is 3. The molecule has 0 radical (unpaired) electrons. The number of hydrogen-bond acceptors (Lipinski definition) is 4. The van der Waals surface area contributed by atoms with E-state index in [4.69, 9.17) is 17.0 Å². The van der Waals surface area contributed by atoms with Crippen LogP contribution in [0, 0.1) is 11.2 Å². The van der Waals surface area contributed by atoms with Crippen LogP contribution in [-0.4, -0.2) is 47.7 Å². The number of carbonyl (C=O) groups is 1. The predicted octanol–water partition coefficient (Wildman–Crippen LogP) is 3.33. The number of amidine groups is 1. The van der Waals surface area contributed by atoms with Crippen LogP contribution in [-0.2, 0) is 4.79 Å². The van der Waals surface area contributed by atoms with Gasteiger partial charge in [0.05, 0.1) is 15.3 Å². The van der Waals surface area contributed by atoms with E-state index in [0.29, 0.717) is 48.0 Å². The summed E-state index contributed by atoms with van der Waals surface area (Å²) >= 11 is 9.11. The van der Waals surface area contributed by atoms with Crippen LogP contribution in [0.25, 0.3) is 0 Å². The first-order valence-corrected chi connectivity index (χ1v) is 9.07. The maximum absolute atomic E-state index is 13.2. The minimum absolute atomic E-state index is 0.0194. The van der Waals surface area contributed by atoms with Gasteiger partial charge in [-0.05, 0) is 34.1 Å². The highest BCUT2D eigenvalue weighted by Gasteiger charge is 2.21. The fraction of sp³-hybridized carbons (Fsp3) is 0.294. The largest absolute Gasteiger partial charge is 0.353 e. The van der Waals surface area contributed by atoms with Crippen LogP contribution in [0.4, 0.5) is 10.1 Å². The number of amides is 1. The Balaban J connectivity index is 1.86. The van der Waals surface area contributed by atoms with Gasteiger partial charge in [0.15, 0.2) is 0 Å². The van der Waals surface area contributed by atoms with Crippen LogP contribution in [0.15, 0.2) is 41.3 Å². The molecule has 1 aliphatic heterocycles. The highest BCUT2D eigenvalue weighted by Crippen LogP contribution is 2.20. The number of rotatable bonds is 5. The second-order valence-corrected chi connectivity index (χ2v) is 6.97. The molecular weight excluding hydrogens is 425 g/mol. The van der Waals surface area contributed by atoms with Crippen LogP contribution in [0.1, 0.15) is 6.92 Å². The molecule has 0 atom stereocenters. The van der Waals surface area contributed by atoms with E-state index < -0.39 is 5.82 Å². The Morgan fingerprint density at radius 1 is 1.35 bits per heavy atom. The van der Waals surface area contributed by atoms with Gasteiger partial charge in [0.1, 0.15) is 11.7 Å². The Bertz CT molecular complexity index is 747. The lowest BCUT2D eigenvalue weighted by atomic mass is 10.3. The average Bonchev–Trinajstić information content (AvgIpc) is 2.62. The molecule has 1 fully saturated rings. The second kappa shape index (κ2) is 9.05. The third-order valence-electron chi connectivity index (χ3n) is 3.86. The van der Waals surface area contributed by atoms with Gasteiger partial charge in [-0.3, -0.25) is 10.2 Å². The Morgan fingerprint density at radius 3 is 2.54 bits per heavy atom. The van der Waals surface area contributed by atoms with Gasteiger partial charge in [0, 0.05) is 45.0 Å². The van der Waals surface area contributed by atoms with E-state index in [1.165, 1.54) is 12.1 Å². The summed E-state index contributed by atoms with van der Waals surface area (Å²) in [5.41, 5.74) is 0.592. The molecule has 6 nitrogen and oxygen atoms in total. The van der Waals surface area contributed by atoms with Crippen molar-refractivity contribution in [2.24, 2.45) is 0 Å². The number of benzene rings is 1. The molecular formula is C17H20BrClFN5O. The monoisotopic (exact) mass is 443 g/mol. The van der Waals surface area contributed by atoms with E-state index in [9.17, 15) is 9.18 Å². The molecule has 1 amide bonds. The average molecular weight is 445 g/mol. The summed E-state index contributed by atoms with van der Waals surface area (Å²) in [7, 11) is 0. The van der Waals surface area contributed by atoms with Crippen molar-refractivity contribution >= 4 is 45.0 Å². The van der Waals surface area contributed by atoms with Crippen molar-refractivity contribution in [3.63, 3.8) is 0 Å². The third-order valence-corrected chi connectivity index (χ3v) is 4.75. The smallest absolute Gasteiger partial charge is 0.219 e. The zero-order valence-electron chi connectivity index (χ0n) is 14.3. The fourth-order valence-electron chi connectivity index (χ4n) is 2.40. The fourth-order valence-corrected chi connectivity index (χ4v) is 2.94. The summed E-state index contributed by atoms with van der Waals surface area (Å²) in [4.78, 5) is 15.0. The normalized spacial score (nSPS) is 14.8. The molecule has 1 heterocycles. The summed E-state index contributed by atoms with van der Waals surface area (Å²) in [6.45, 7) is 7.79. The minimum Gasteiger partial charge on any atom is -0.353 e. The number of nitrogens with one attached hydrogen (secondary N) is 3. The van der Waals surface area contributed by atoms with E-state index in [1.807, 2.05) is 4.90 Å². The SMILES string of the molecule is C=C(NC=C(Br)C(=N)N1CCN(C(C)=O)CC1)Nc1ccc(F)c(Cl)c1. The Kier molecular flexibility index (Phi) is 7.05. The summed E-state index contributed by atoms with van der Waals surface area (Å²) in [6, 6.07) is 4.27. The van der Waals surface area contributed by atoms with Crippen molar-refractivity contribution in [3.8, 4) is 0 Å². The number of nitrogens with zero attached hydrogens (tertiary/aromatic N) is 2. The molecule has 0 saturated carbocycles. The van der Waals surface area contributed by atoms with Crippen LogP contribution in [0.5, 0.6) is 0 Å². The van der Waals surface area contributed by atoms with E-state index in [0.717, 1.165) is 0 Å². The lowest BCUT2D eigenvalue weighted by Crippen LogP contribution is -2.50. The summed E-state index contributed by atoms with van der Waals surface area (Å²) in [5, 5.41) is 14.1. The lowest BCUT2D eigenvalue weighted by molar-refractivity contribution is -0.130. The maximum atomic E-state index is 13.2. The first-order chi connectivity index (χ1) is 12.3. The zero-order valence-corrected chi connectivity index (χ0v) is 16.6. The van der Waals surface area contributed by atoms with E-state index in [2.05, 4.69) is 33.1 Å². The minimum atomic E-state index is -0.489. The van der Waals surface area contributed by atoms with Crippen molar-refractivity contribution in [1.82, 2.24) is 15.1 Å². The maximum Gasteiger partial charge on any atom is 0.219 e. The molecule has 0 aliphatic carbocycles. The molecule has 1 aromatic carbocycles. The molecule has 3 N–H and O–H groups in total. The molecule has 140 valence electrons. The molecule has 1 saturated heterocycles. The van der Waals surface area contributed by atoms with E-state index >= 15 is 0 Å². The summed E-state index contributed by atoms with van der Waals surface area (Å²) in [6.07, 6.45) is 1.60. The zero-order chi connectivity index (χ0) is 19.3. The van der Waals surface area contributed by atoms with Gasteiger partial charge >= 0.3 is 0 Å². The van der Waals surface area contributed by atoms with E-state index in [-0.39, 0.29) is 10.9 Å². The third kappa shape index (κ3) is 5.47. The van der Waals surface area contributed by atoms with Crippen molar-refractivity contribution in [2.75, 3.05) is 31.5 Å². The predicted molar refractivity (Wildman–Crippen MR) is 106 cm³/mol. The molecule has 9 heteroatoms. The Hall–Kier alpha value is -2.06. The van der Waals surface area contributed by atoms with Gasteiger partial charge in [0.2, 0.25) is 5.91 Å². The molecule has 1 aromatic rings. The molecule has 1 aliphatic rings. The molecule has 0 spiro atoms. The van der Waals surface area contributed by atoms with E-state index in [1.54, 1.807) is 24.1 Å². The van der Waals surface area contributed by atoms with Crippen LogP contribution < -0.4 is 10.6 Å². The number of anilines is 1. The number of piperazine rings is 1. The van der Waals surface area contributed by atoms with Crippen molar-refractivity contribution in [2.45, 2.75) is 6.92 Å². The first-order valence-electron chi connectivity index (χ1n) is 7.90. The number of hydrogen-bond donors (Lipinski definition) is 3. The molecule has 0 aromatic heterocycles. The first kappa shape index (κ1) is 20.3. The summed E-state index contributed by atoms with van der Waals surface area (Å²) < 4.78 is 13.7. The summed E-state index contributed by atoms with van der Waals surface area (Å²) in [5.74, 6) is 0.324. The van der Waals surface area contributed by atoms with Gasteiger partial charge in [-0.25, -0.2) is 4.39 Å². The topological polar surface area (TPSA) is 71.5 Å². The molecule has 2 rings (SSSR count). The van der Waals surface area contributed by atoms with Crippen LogP contribution in [0.3, 0.4) is 0 Å². The van der Waals surface area contributed by atoms with Gasteiger partial charge in [0.25, 0.3) is 0 Å². The van der Waals surface area contributed by atoms with Crippen molar-refractivity contribution < 1.29 is 9.18 Å². The van der Waals surface area contributed by atoms with Gasteiger partial charge < -0.3 is 20.4 Å².